The van der Waals surface area contributed by atoms with Crippen molar-refractivity contribution in [2.24, 2.45) is 0 Å². The molecule has 1 aliphatic heterocycles. The summed E-state index contributed by atoms with van der Waals surface area (Å²) in [5, 5.41) is 9.21. The molecule has 5 heteroatoms. The summed E-state index contributed by atoms with van der Waals surface area (Å²) < 4.78 is 5.79. The lowest BCUT2D eigenvalue weighted by molar-refractivity contribution is -0.136. The van der Waals surface area contributed by atoms with Gasteiger partial charge in [-0.1, -0.05) is 51.1 Å². The number of amides is 1. The monoisotopic (exact) mass is 365 g/mol. The molecule has 1 N–H and O–H groups in total. The molecule has 0 saturated heterocycles. The van der Waals surface area contributed by atoms with Crippen LogP contribution in [0.1, 0.15) is 37.5 Å². The number of ether oxygens (including phenoxy) is 1. The number of carboxylic acid groups (broad SMARTS) is 1. The SMILES string of the molecule is Cc1ccc2c(c1)N(CC(=O)O)C(=O)/C(=C\c1ccc(C(C)(C)C)cc1)O2. The Hall–Kier alpha value is -3.08. The molecular weight excluding hydrogens is 342 g/mol. The number of aryl methyl sites for hydroxylation is 1. The number of nitrogens with zero attached hydrogens (tertiary/aromatic N) is 1. The maximum Gasteiger partial charge on any atom is 0.323 e. The summed E-state index contributed by atoms with van der Waals surface area (Å²) in [6.07, 6.45) is 1.65. The number of carboxylic acids is 1. The van der Waals surface area contributed by atoms with Gasteiger partial charge in [0.1, 0.15) is 6.54 Å². The molecule has 1 amide bonds. The van der Waals surface area contributed by atoms with Crippen LogP contribution in [-0.4, -0.2) is 23.5 Å². The minimum Gasteiger partial charge on any atom is -0.480 e. The summed E-state index contributed by atoms with van der Waals surface area (Å²) in [7, 11) is 0. The van der Waals surface area contributed by atoms with Gasteiger partial charge in [0.2, 0.25) is 0 Å². The number of carbonyl (C=O) groups excluding carboxylic acids is 1. The fourth-order valence-electron chi connectivity index (χ4n) is 2.94. The minimum absolute atomic E-state index is 0.0396. The zero-order valence-electron chi connectivity index (χ0n) is 15.9. The zero-order chi connectivity index (χ0) is 19.8. The molecule has 0 radical (unpaired) electrons. The first-order chi connectivity index (χ1) is 12.6. The van der Waals surface area contributed by atoms with Crippen LogP contribution in [0.25, 0.3) is 6.08 Å². The summed E-state index contributed by atoms with van der Waals surface area (Å²) in [5.74, 6) is -0.961. The highest BCUT2D eigenvalue weighted by Gasteiger charge is 2.31. The molecule has 140 valence electrons. The van der Waals surface area contributed by atoms with Gasteiger partial charge in [0.25, 0.3) is 5.91 Å². The summed E-state index contributed by atoms with van der Waals surface area (Å²) >= 11 is 0. The van der Waals surface area contributed by atoms with Crippen LogP contribution in [0.2, 0.25) is 0 Å². The summed E-state index contributed by atoms with van der Waals surface area (Å²) in [6, 6.07) is 13.3. The van der Waals surface area contributed by atoms with Gasteiger partial charge in [-0.2, -0.15) is 0 Å². The third-order valence-corrected chi connectivity index (χ3v) is 4.45. The number of rotatable bonds is 3. The van der Waals surface area contributed by atoms with Crippen molar-refractivity contribution in [1.29, 1.82) is 0 Å². The predicted octanol–water partition coefficient (Wildman–Crippen LogP) is 4.14. The maximum atomic E-state index is 12.8. The van der Waals surface area contributed by atoms with E-state index in [0.717, 1.165) is 11.1 Å². The van der Waals surface area contributed by atoms with Crippen LogP contribution in [-0.2, 0) is 15.0 Å². The summed E-state index contributed by atoms with van der Waals surface area (Å²) in [6.45, 7) is 7.87. The Kier molecular flexibility index (Phi) is 4.79. The van der Waals surface area contributed by atoms with Gasteiger partial charge in [-0.25, -0.2) is 0 Å². The third kappa shape index (κ3) is 4.03. The van der Waals surface area contributed by atoms with Crippen LogP contribution >= 0.6 is 0 Å². The molecule has 5 nitrogen and oxygen atoms in total. The largest absolute Gasteiger partial charge is 0.480 e. The molecule has 0 aliphatic carbocycles. The predicted molar refractivity (Wildman–Crippen MR) is 105 cm³/mol. The molecule has 0 atom stereocenters. The van der Waals surface area contributed by atoms with Gasteiger partial charge >= 0.3 is 5.97 Å². The maximum absolute atomic E-state index is 12.8. The lowest BCUT2D eigenvalue weighted by Crippen LogP contribution is -2.40. The van der Waals surface area contributed by atoms with Crippen molar-refractivity contribution >= 4 is 23.6 Å². The molecule has 0 bridgehead atoms. The number of anilines is 1. The van der Waals surface area contributed by atoms with Crippen molar-refractivity contribution in [3.05, 3.63) is 64.9 Å². The molecule has 0 aromatic heterocycles. The fourth-order valence-corrected chi connectivity index (χ4v) is 2.94. The number of fused-ring (bicyclic) bond motifs is 1. The lowest BCUT2D eigenvalue weighted by atomic mass is 9.87. The normalized spacial score (nSPS) is 15.5. The molecule has 27 heavy (non-hydrogen) atoms. The Labute approximate surface area is 158 Å². The Morgan fingerprint density at radius 2 is 1.81 bits per heavy atom. The number of benzene rings is 2. The van der Waals surface area contributed by atoms with E-state index in [1.54, 1.807) is 18.2 Å². The van der Waals surface area contributed by atoms with Crippen molar-refractivity contribution in [3.63, 3.8) is 0 Å². The fraction of sp³-hybridized carbons (Fsp3) is 0.273. The second-order valence-corrected chi connectivity index (χ2v) is 7.74. The van der Waals surface area contributed by atoms with Gasteiger partial charge in [0, 0.05) is 0 Å². The van der Waals surface area contributed by atoms with Crippen LogP contribution < -0.4 is 9.64 Å². The summed E-state index contributed by atoms with van der Waals surface area (Å²) in [5.41, 5.74) is 3.44. The van der Waals surface area contributed by atoms with Crippen LogP contribution in [0.4, 0.5) is 5.69 Å². The minimum atomic E-state index is -1.08. The van der Waals surface area contributed by atoms with Gasteiger partial charge in [-0.05, 0) is 47.2 Å². The quantitative estimate of drug-likeness (QED) is 0.830. The van der Waals surface area contributed by atoms with Crippen molar-refractivity contribution < 1.29 is 19.4 Å². The number of aliphatic carboxylic acids is 1. The van der Waals surface area contributed by atoms with E-state index in [-0.39, 0.29) is 11.2 Å². The van der Waals surface area contributed by atoms with Crippen LogP contribution in [0.5, 0.6) is 5.75 Å². The van der Waals surface area contributed by atoms with Gasteiger partial charge in [0.05, 0.1) is 5.69 Å². The molecule has 2 aromatic carbocycles. The van der Waals surface area contributed by atoms with E-state index in [9.17, 15) is 14.7 Å². The summed E-state index contributed by atoms with van der Waals surface area (Å²) in [4.78, 5) is 25.3. The number of hydrogen-bond acceptors (Lipinski definition) is 3. The zero-order valence-corrected chi connectivity index (χ0v) is 15.9. The molecular formula is C22H23NO4. The van der Waals surface area contributed by atoms with Gasteiger partial charge in [-0.15, -0.1) is 0 Å². The van der Waals surface area contributed by atoms with Crippen molar-refractivity contribution in [2.45, 2.75) is 33.1 Å². The van der Waals surface area contributed by atoms with E-state index in [0.29, 0.717) is 11.4 Å². The third-order valence-electron chi connectivity index (χ3n) is 4.45. The van der Waals surface area contributed by atoms with E-state index in [1.165, 1.54) is 10.5 Å². The van der Waals surface area contributed by atoms with E-state index < -0.39 is 18.4 Å². The van der Waals surface area contributed by atoms with Gasteiger partial charge < -0.3 is 9.84 Å². The molecule has 0 saturated carbocycles. The van der Waals surface area contributed by atoms with Crippen molar-refractivity contribution in [1.82, 2.24) is 0 Å². The highest BCUT2D eigenvalue weighted by atomic mass is 16.5. The first kappa shape index (κ1) is 18.7. The van der Waals surface area contributed by atoms with Crippen LogP contribution in [0.3, 0.4) is 0 Å². The Bertz CT molecular complexity index is 920. The molecule has 0 spiro atoms. The molecule has 1 heterocycles. The second kappa shape index (κ2) is 6.91. The smallest absolute Gasteiger partial charge is 0.323 e. The first-order valence-corrected chi connectivity index (χ1v) is 8.79. The average molecular weight is 365 g/mol. The molecule has 0 fully saturated rings. The Balaban J connectivity index is 1.98. The highest BCUT2D eigenvalue weighted by Crippen LogP contribution is 2.36. The van der Waals surface area contributed by atoms with E-state index >= 15 is 0 Å². The Morgan fingerprint density at radius 3 is 2.41 bits per heavy atom. The standard InChI is InChI=1S/C22H23NO4/c1-14-5-10-18-17(11-14)23(13-20(24)25)21(26)19(27-18)12-15-6-8-16(9-7-15)22(2,3)4/h5-12H,13H2,1-4H3,(H,24,25)/b19-12+. The van der Waals surface area contributed by atoms with Gasteiger partial charge in [0.15, 0.2) is 11.5 Å². The van der Waals surface area contributed by atoms with Gasteiger partial charge in [-0.3, -0.25) is 14.5 Å². The molecule has 0 unspecified atom stereocenters. The molecule has 2 aromatic rings. The topological polar surface area (TPSA) is 66.8 Å². The first-order valence-electron chi connectivity index (χ1n) is 8.79. The molecule has 3 rings (SSSR count). The number of carbonyl (C=O) groups is 2. The highest BCUT2D eigenvalue weighted by molar-refractivity contribution is 6.11. The van der Waals surface area contributed by atoms with Crippen molar-refractivity contribution in [2.75, 3.05) is 11.4 Å². The lowest BCUT2D eigenvalue weighted by Gasteiger charge is -2.29. The molecule has 1 aliphatic rings. The number of hydrogen-bond donors (Lipinski definition) is 1. The van der Waals surface area contributed by atoms with Crippen LogP contribution in [0, 0.1) is 6.92 Å². The van der Waals surface area contributed by atoms with E-state index in [2.05, 4.69) is 20.8 Å². The average Bonchev–Trinajstić information content (AvgIpc) is 2.58. The van der Waals surface area contributed by atoms with E-state index in [4.69, 9.17) is 4.74 Å². The van der Waals surface area contributed by atoms with Crippen LogP contribution in [0.15, 0.2) is 48.2 Å². The van der Waals surface area contributed by atoms with E-state index in [1.807, 2.05) is 37.3 Å². The second-order valence-electron chi connectivity index (χ2n) is 7.74. The Morgan fingerprint density at radius 1 is 1.15 bits per heavy atom. The van der Waals surface area contributed by atoms with Crippen molar-refractivity contribution in [3.8, 4) is 5.75 Å².